The number of fused-ring (bicyclic) bond motifs is 6. The maximum absolute atomic E-state index is 13.9. The fraction of sp³-hybridized carbons (Fsp3) is 0.559. The molecule has 0 aliphatic carbocycles. The van der Waals surface area contributed by atoms with E-state index in [0.29, 0.717) is 57.4 Å². The third-order valence-corrected chi connectivity index (χ3v) is 9.76. The van der Waals surface area contributed by atoms with Crippen LogP contribution in [0.3, 0.4) is 0 Å². The van der Waals surface area contributed by atoms with Crippen LogP contribution in [0.5, 0.6) is 28.7 Å². The van der Waals surface area contributed by atoms with Crippen LogP contribution in [0.1, 0.15) is 27.4 Å². The maximum Gasteiger partial charge on any atom is 0.187 e. The van der Waals surface area contributed by atoms with Crippen LogP contribution in [0.2, 0.25) is 0 Å². The first-order chi connectivity index (χ1) is 24.0. The Labute approximate surface area is 286 Å². The van der Waals surface area contributed by atoms with Crippen molar-refractivity contribution in [3.8, 4) is 28.7 Å². The van der Waals surface area contributed by atoms with Crippen molar-refractivity contribution in [1.29, 1.82) is 0 Å². The molecule has 50 heavy (non-hydrogen) atoms. The third-order valence-electron chi connectivity index (χ3n) is 9.76. The van der Waals surface area contributed by atoms with E-state index in [0.717, 1.165) is 0 Å². The van der Waals surface area contributed by atoms with Gasteiger partial charge in [0.25, 0.3) is 0 Å². The van der Waals surface area contributed by atoms with E-state index in [1.807, 2.05) is 0 Å². The average molecular weight is 705 g/mol. The van der Waals surface area contributed by atoms with Gasteiger partial charge in [-0.1, -0.05) is 6.58 Å². The molecule has 5 aliphatic heterocycles. The first-order valence-electron chi connectivity index (χ1n) is 16.2. The number of benzene rings is 2. The predicted octanol–water partition coefficient (Wildman–Crippen LogP) is -1.04. The minimum atomic E-state index is -1.67. The minimum Gasteiger partial charge on any atom is -0.493 e. The zero-order valence-electron chi connectivity index (χ0n) is 27.2. The van der Waals surface area contributed by atoms with Crippen molar-refractivity contribution in [2.45, 2.75) is 79.9 Å². The van der Waals surface area contributed by atoms with E-state index >= 15 is 0 Å². The number of ketones is 1. The molecule has 0 unspecified atom stereocenters. The molecule has 2 aromatic rings. The van der Waals surface area contributed by atoms with Gasteiger partial charge in [-0.05, 0) is 23.8 Å². The van der Waals surface area contributed by atoms with E-state index in [1.54, 1.807) is 24.3 Å². The van der Waals surface area contributed by atoms with Crippen LogP contribution in [0, 0.1) is 0 Å². The molecule has 2 aromatic carbocycles. The lowest BCUT2D eigenvalue weighted by molar-refractivity contribution is -0.319. The van der Waals surface area contributed by atoms with Crippen LogP contribution in [0.4, 0.5) is 0 Å². The smallest absolute Gasteiger partial charge is 0.187 e. The second-order valence-corrected chi connectivity index (χ2v) is 12.9. The highest BCUT2D eigenvalue weighted by molar-refractivity contribution is 6.06. The van der Waals surface area contributed by atoms with Crippen LogP contribution in [-0.4, -0.2) is 145 Å². The number of Topliss-reactive ketones (excluding diaryl/α,β-unsaturated/α-hetero) is 1. The van der Waals surface area contributed by atoms with E-state index in [2.05, 4.69) is 6.58 Å². The van der Waals surface area contributed by atoms with Gasteiger partial charge in [-0.25, -0.2) is 0 Å². The summed E-state index contributed by atoms with van der Waals surface area (Å²) in [7, 11) is 3.04. The van der Waals surface area contributed by atoms with Crippen LogP contribution in [-0.2, 0) is 25.4 Å². The molecule has 0 aromatic heterocycles. The van der Waals surface area contributed by atoms with Gasteiger partial charge in [-0.3, -0.25) is 4.79 Å². The molecule has 16 heteroatoms. The molecule has 2 saturated heterocycles. The Morgan fingerprint density at radius 2 is 1.60 bits per heavy atom. The Morgan fingerprint density at radius 1 is 0.860 bits per heavy atom. The molecule has 7 rings (SSSR count). The van der Waals surface area contributed by atoms with Gasteiger partial charge in [-0.15, -0.1) is 0 Å². The predicted molar refractivity (Wildman–Crippen MR) is 167 cm³/mol. The Hall–Kier alpha value is -3.55. The van der Waals surface area contributed by atoms with Crippen molar-refractivity contribution >= 4 is 5.78 Å². The molecule has 6 N–H and O–H groups in total. The second-order valence-electron chi connectivity index (χ2n) is 12.9. The van der Waals surface area contributed by atoms with Crippen molar-refractivity contribution in [2.24, 2.45) is 0 Å². The van der Waals surface area contributed by atoms with Crippen LogP contribution in [0.15, 0.2) is 36.4 Å². The highest BCUT2D eigenvalue weighted by Gasteiger charge is 2.48. The van der Waals surface area contributed by atoms with Gasteiger partial charge in [0, 0.05) is 23.6 Å². The van der Waals surface area contributed by atoms with Crippen molar-refractivity contribution in [1.82, 2.24) is 0 Å². The molecule has 0 bridgehead atoms. The second kappa shape index (κ2) is 13.9. The molecule has 5 heterocycles. The molecule has 0 radical (unpaired) electrons. The standard InChI is InChI=1S/C34H40O16/c1-13(9-45-34-31(41)29(39)28(38)24(50-34)12-47-33-30(40)27(37)17(35)10-46-33)19-7-16-18(48-19)5-4-14-26(36)25-15-6-21(42-2)22(43-3)8-20(15)44-11-23(25)49-32(14)16/h4-6,8,17,19,23-25,27-31,33-35,37-41H,1,7,9-12H2,2-3H3/t17-,19-,23+,24-,25+,27-,28+,29-,30+,31+,33-,34+/m0/s1. The van der Waals surface area contributed by atoms with Crippen molar-refractivity contribution in [3.63, 3.8) is 0 Å². The lowest BCUT2D eigenvalue weighted by Gasteiger charge is -2.41. The summed E-state index contributed by atoms with van der Waals surface area (Å²) in [6.07, 6.45) is -14.1. The van der Waals surface area contributed by atoms with Crippen LogP contribution >= 0.6 is 0 Å². The first kappa shape index (κ1) is 34.9. The minimum absolute atomic E-state index is 0.123. The number of carbonyl (C=O) groups is 1. The van der Waals surface area contributed by atoms with Gasteiger partial charge in [0.05, 0.1) is 45.5 Å². The van der Waals surface area contributed by atoms with E-state index < -0.39 is 80.0 Å². The van der Waals surface area contributed by atoms with Crippen molar-refractivity contribution in [2.75, 3.05) is 40.6 Å². The number of hydrogen-bond acceptors (Lipinski definition) is 16. The topological polar surface area (TPSA) is 222 Å². The van der Waals surface area contributed by atoms with Gasteiger partial charge >= 0.3 is 0 Å². The van der Waals surface area contributed by atoms with Gasteiger partial charge in [0.1, 0.15) is 78.8 Å². The van der Waals surface area contributed by atoms with E-state index in [4.69, 9.17) is 42.6 Å². The normalized spacial score (nSPS) is 35.7. The summed E-state index contributed by atoms with van der Waals surface area (Å²) >= 11 is 0. The van der Waals surface area contributed by atoms with Gasteiger partial charge in [0.15, 0.2) is 29.9 Å². The molecule has 16 nitrogen and oxygen atoms in total. The van der Waals surface area contributed by atoms with E-state index in [9.17, 15) is 35.4 Å². The fourth-order valence-electron chi connectivity index (χ4n) is 6.88. The molecule has 12 atom stereocenters. The van der Waals surface area contributed by atoms with Crippen molar-refractivity contribution < 1.29 is 78.1 Å². The van der Waals surface area contributed by atoms with Gasteiger partial charge in [0.2, 0.25) is 0 Å². The molecule has 0 saturated carbocycles. The number of rotatable bonds is 9. The van der Waals surface area contributed by atoms with E-state index in [-0.39, 0.29) is 25.6 Å². The summed E-state index contributed by atoms with van der Waals surface area (Å²) < 4.78 is 51.5. The lowest BCUT2D eigenvalue weighted by Crippen LogP contribution is -2.60. The number of carbonyl (C=O) groups excluding carboxylic acids is 1. The molecular formula is C34H40O16. The fourth-order valence-corrected chi connectivity index (χ4v) is 6.88. The molecule has 0 amide bonds. The van der Waals surface area contributed by atoms with E-state index in [1.165, 1.54) is 14.2 Å². The molecule has 5 aliphatic rings. The SMILES string of the molecule is C=C(CO[C@@H]1O[C@@H](CO[C@@H]2OC[C@H](O)[C@H](O)[C@H]2O)[C@@H](O)[C@H](O)[C@H]1O)[C@@H]1Cc2c(ccc3c2O[C@@H]2COc4cc(OC)c(OC)cc4[C@H]2C3=O)O1. The summed E-state index contributed by atoms with van der Waals surface area (Å²) in [5.74, 6) is 1.67. The summed E-state index contributed by atoms with van der Waals surface area (Å²) in [6.45, 7) is 3.35. The highest BCUT2D eigenvalue weighted by atomic mass is 16.7. The Bertz CT molecular complexity index is 1610. The number of aliphatic hydroxyl groups excluding tert-OH is 6. The quantitative estimate of drug-likeness (QED) is 0.172. The monoisotopic (exact) mass is 704 g/mol. The highest BCUT2D eigenvalue weighted by Crippen LogP contribution is 2.50. The number of aliphatic hydroxyl groups is 6. The molecule has 0 spiro atoms. The molecule has 272 valence electrons. The zero-order chi connectivity index (χ0) is 35.4. The molecule has 2 fully saturated rings. The van der Waals surface area contributed by atoms with Crippen LogP contribution < -0.4 is 23.7 Å². The van der Waals surface area contributed by atoms with Gasteiger partial charge < -0.3 is 73.3 Å². The number of methoxy groups -OCH3 is 2. The third kappa shape index (κ3) is 6.08. The first-order valence-corrected chi connectivity index (χ1v) is 16.2. The summed E-state index contributed by atoms with van der Waals surface area (Å²) in [6, 6.07) is 6.82. The zero-order valence-corrected chi connectivity index (χ0v) is 27.2. The molecular weight excluding hydrogens is 664 g/mol. The van der Waals surface area contributed by atoms with Crippen molar-refractivity contribution in [3.05, 3.63) is 53.1 Å². The number of ether oxygens (including phenoxy) is 9. The summed E-state index contributed by atoms with van der Waals surface area (Å²) in [5, 5.41) is 61.2. The van der Waals surface area contributed by atoms with Gasteiger partial charge in [-0.2, -0.15) is 0 Å². The average Bonchev–Trinajstić information content (AvgIpc) is 3.57. The number of hydrogen-bond donors (Lipinski definition) is 6. The largest absolute Gasteiger partial charge is 0.493 e. The maximum atomic E-state index is 13.9. The summed E-state index contributed by atoms with van der Waals surface area (Å²) in [5.41, 5.74) is 2.20. The Balaban J connectivity index is 0.993. The Morgan fingerprint density at radius 3 is 2.36 bits per heavy atom. The summed E-state index contributed by atoms with van der Waals surface area (Å²) in [4.78, 5) is 13.9. The Kier molecular flexibility index (Phi) is 9.68. The van der Waals surface area contributed by atoms with Crippen LogP contribution in [0.25, 0.3) is 0 Å². The lowest BCUT2D eigenvalue weighted by atomic mass is 9.81.